The quantitative estimate of drug-likeness (QED) is 0.224. The summed E-state index contributed by atoms with van der Waals surface area (Å²) in [6, 6.07) is 4.52. The third kappa shape index (κ3) is 7.85. The van der Waals surface area contributed by atoms with Crippen LogP contribution in [0.1, 0.15) is 105 Å². The van der Waals surface area contributed by atoms with Crippen LogP contribution in [-0.4, -0.2) is 13.2 Å². The molecule has 0 unspecified atom stereocenters. The number of ether oxygens (including phenoxy) is 2. The van der Waals surface area contributed by atoms with Gasteiger partial charge in [-0.2, -0.15) is 0 Å². The molecule has 0 radical (unpaired) electrons. The maximum absolute atomic E-state index is 6.39. The molecule has 0 saturated carbocycles. The van der Waals surface area contributed by atoms with Crippen molar-refractivity contribution in [2.75, 3.05) is 13.2 Å². The van der Waals surface area contributed by atoms with Gasteiger partial charge in [-0.3, -0.25) is 0 Å². The van der Waals surface area contributed by atoms with Gasteiger partial charge in [0.25, 0.3) is 0 Å². The van der Waals surface area contributed by atoms with Gasteiger partial charge in [-0.15, -0.1) is 6.58 Å². The second kappa shape index (κ2) is 12.2. The Labute approximate surface area is 186 Å². The van der Waals surface area contributed by atoms with E-state index in [0.717, 1.165) is 56.6 Å². The van der Waals surface area contributed by atoms with Gasteiger partial charge in [0.1, 0.15) is 11.5 Å². The summed E-state index contributed by atoms with van der Waals surface area (Å²) in [5.41, 5.74) is 3.93. The van der Waals surface area contributed by atoms with Crippen LogP contribution in [0.2, 0.25) is 0 Å². The zero-order valence-corrected chi connectivity index (χ0v) is 21.0. The van der Waals surface area contributed by atoms with E-state index in [1.807, 2.05) is 6.08 Å². The van der Waals surface area contributed by atoms with E-state index in [-0.39, 0.29) is 10.8 Å². The number of rotatable bonds is 14. The summed E-state index contributed by atoms with van der Waals surface area (Å²) in [5, 5.41) is 0. The summed E-state index contributed by atoms with van der Waals surface area (Å²) < 4.78 is 12.7. The van der Waals surface area contributed by atoms with E-state index >= 15 is 0 Å². The number of allylic oxidation sites excluding steroid dienone is 3. The highest BCUT2D eigenvalue weighted by molar-refractivity contribution is 5.52. The molecule has 0 N–H and O–H groups in total. The fourth-order valence-corrected chi connectivity index (χ4v) is 3.30. The average Bonchev–Trinajstić information content (AvgIpc) is 2.70. The molecule has 0 atom stereocenters. The molecule has 0 heterocycles. The fourth-order valence-electron chi connectivity index (χ4n) is 3.30. The SMILES string of the molecule is C=CCCCOc1cc(C(C)(C)CC)c(OCCCC=C(C)C)cc1C(C)(C)CC. The van der Waals surface area contributed by atoms with Gasteiger partial charge < -0.3 is 9.47 Å². The average molecular weight is 415 g/mol. The first-order chi connectivity index (χ1) is 14.1. The summed E-state index contributed by atoms with van der Waals surface area (Å²) in [7, 11) is 0. The van der Waals surface area contributed by atoms with Crippen LogP contribution in [0, 0.1) is 0 Å². The smallest absolute Gasteiger partial charge is 0.123 e. The van der Waals surface area contributed by atoms with Crippen LogP contribution < -0.4 is 9.47 Å². The summed E-state index contributed by atoms with van der Waals surface area (Å²) in [5.74, 6) is 2.04. The minimum Gasteiger partial charge on any atom is -0.493 e. The molecular formula is C28H46O2. The first-order valence-corrected chi connectivity index (χ1v) is 11.8. The molecule has 1 aromatic rings. The lowest BCUT2D eigenvalue weighted by molar-refractivity contribution is 0.286. The van der Waals surface area contributed by atoms with Gasteiger partial charge in [-0.05, 0) is 75.3 Å². The van der Waals surface area contributed by atoms with Crippen LogP contribution in [0.25, 0.3) is 0 Å². The molecule has 2 nitrogen and oxygen atoms in total. The Balaban J connectivity index is 3.29. The lowest BCUT2D eigenvalue weighted by atomic mass is 9.77. The first-order valence-electron chi connectivity index (χ1n) is 11.8. The Morgan fingerprint density at radius 1 is 0.833 bits per heavy atom. The molecule has 0 aliphatic carbocycles. The van der Waals surface area contributed by atoms with Crippen molar-refractivity contribution in [1.82, 2.24) is 0 Å². The topological polar surface area (TPSA) is 18.5 Å². The van der Waals surface area contributed by atoms with E-state index in [9.17, 15) is 0 Å². The Hall–Kier alpha value is -1.70. The molecule has 0 amide bonds. The van der Waals surface area contributed by atoms with Crippen LogP contribution in [0.5, 0.6) is 11.5 Å². The van der Waals surface area contributed by atoms with Gasteiger partial charge in [-0.25, -0.2) is 0 Å². The molecule has 0 aromatic heterocycles. The van der Waals surface area contributed by atoms with Crippen molar-refractivity contribution >= 4 is 0 Å². The summed E-state index contributed by atoms with van der Waals surface area (Å²) >= 11 is 0. The van der Waals surface area contributed by atoms with Crippen molar-refractivity contribution in [2.45, 2.75) is 105 Å². The van der Waals surface area contributed by atoms with Crippen LogP contribution >= 0.6 is 0 Å². The van der Waals surface area contributed by atoms with Crippen molar-refractivity contribution < 1.29 is 9.47 Å². The van der Waals surface area contributed by atoms with E-state index in [2.05, 4.69) is 80.2 Å². The molecule has 0 bridgehead atoms. The van der Waals surface area contributed by atoms with Crippen molar-refractivity contribution in [3.8, 4) is 11.5 Å². The highest BCUT2D eigenvalue weighted by Gasteiger charge is 2.29. The van der Waals surface area contributed by atoms with Crippen LogP contribution in [0.4, 0.5) is 0 Å². The molecule has 0 aliphatic rings. The monoisotopic (exact) mass is 414 g/mol. The lowest BCUT2D eigenvalue weighted by Crippen LogP contribution is -2.22. The predicted molar refractivity (Wildman–Crippen MR) is 132 cm³/mol. The molecule has 0 fully saturated rings. The molecule has 170 valence electrons. The first kappa shape index (κ1) is 26.3. The standard InChI is InChI=1S/C28H46O2/c1-10-13-15-18-29-25-20-24(28(8,9)12-3)26(21-23(25)27(6,7)11-2)30-19-16-14-17-22(4)5/h10,17,20-21H,1,11-16,18-19H2,2-9H3. The maximum Gasteiger partial charge on any atom is 0.123 e. The maximum atomic E-state index is 6.39. The Kier molecular flexibility index (Phi) is 10.7. The number of benzene rings is 1. The van der Waals surface area contributed by atoms with Crippen LogP contribution in [-0.2, 0) is 10.8 Å². The van der Waals surface area contributed by atoms with E-state index in [1.165, 1.54) is 16.7 Å². The summed E-state index contributed by atoms with van der Waals surface area (Å²) in [4.78, 5) is 0. The number of unbranched alkanes of at least 4 members (excludes halogenated alkanes) is 2. The van der Waals surface area contributed by atoms with Gasteiger partial charge in [0.15, 0.2) is 0 Å². The summed E-state index contributed by atoms with van der Waals surface area (Å²) in [6.45, 7) is 23.2. The largest absolute Gasteiger partial charge is 0.493 e. The van der Waals surface area contributed by atoms with Gasteiger partial charge in [-0.1, -0.05) is 59.3 Å². The van der Waals surface area contributed by atoms with Gasteiger partial charge >= 0.3 is 0 Å². The van der Waals surface area contributed by atoms with Crippen molar-refractivity contribution in [3.05, 3.63) is 47.6 Å². The predicted octanol–water partition coefficient (Wildman–Crippen LogP) is 8.53. The Morgan fingerprint density at radius 2 is 1.27 bits per heavy atom. The summed E-state index contributed by atoms with van der Waals surface area (Å²) in [6.07, 6.45) is 10.4. The zero-order chi connectivity index (χ0) is 22.8. The van der Waals surface area contributed by atoms with Crippen LogP contribution in [0.15, 0.2) is 36.4 Å². The Morgan fingerprint density at radius 3 is 1.63 bits per heavy atom. The molecule has 0 aliphatic heterocycles. The normalized spacial score (nSPS) is 11.9. The fraction of sp³-hybridized carbons (Fsp3) is 0.643. The molecule has 1 rings (SSSR count). The van der Waals surface area contributed by atoms with Gasteiger partial charge in [0.05, 0.1) is 13.2 Å². The van der Waals surface area contributed by atoms with Crippen molar-refractivity contribution in [1.29, 1.82) is 0 Å². The zero-order valence-electron chi connectivity index (χ0n) is 21.0. The highest BCUT2D eigenvalue weighted by atomic mass is 16.5. The minimum absolute atomic E-state index is 0.0306. The molecule has 0 saturated heterocycles. The molecular weight excluding hydrogens is 368 g/mol. The van der Waals surface area contributed by atoms with Crippen LogP contribution in [0.3, 0.4) is 0 Å². The minimum atomic E-state index is 0.0306. The van der Waals surface area contributed by atoms with E-state index in [1.54, 1.807) is 0 Å². The number of hydrogen-bond donors (Lipinski definition) is 0. The van der Waals surface area contributed by atoms with Crippen molar-refractivity contribution in [3.63, 3.8) is 0 Å². The van der Waals surface area contributed by atoms with E-state index < -0.39 is 0 Å². The van der Waals surface area contributed by atoms with Crippen molar-refractivity contribution in [2.24, 2.45) is 0 Å². The van der Waals surface area contributed by atoms with Gasteiger partial charge in [0.2, 0.25) is 0 Å². The molecule has 30 heavy (non-hydrogen) atoms. The third-order valence-electron chi connectivity index (χ3n) is 6.28. The third-order valence-corrected chi connectivity index (χ3v) is 6.28. The highest BCUT2D eigenvalue weighted by Crippen LogP contribution is 2.43. The number of hydrogen-bond acceptors (Lipinski definition) is 2. The van der Waals surface area contributed by atoms with E-state index in [0.29, 0.717) is 6.61 Å². The Bertz CT molecular complexity index is 691. The lowest BCUT2D eigenvalue weighted by Gasteiger charge is -2.32. The van der Waals surface area contributed by atoms with Gasteiger partial charge in [0, 0.05) is 11.1 Å². The second-order valence-corrected chi connectivity index (χ2v) is 9.87. The molecule has 0 spiro atoms. The molecule has 2 heteroatoms. The van der Waals surface area contributed by atoms with E-state index in [4.69, 9.17) is 9.47 Å². The molecule has 1 aromatic carbocycles. The second-order valence-electron chi connectivity index (χ2n) is 9.87.